The molecule has 0 fully saturated rings. The molecule has 0 aliphatic rings. The summed E-state index contributed by atoms with van der Waals surface area (Å²) >= 11 is 0. The molecule has 0 bridgehead atoms. The Kier molecular flexibility index (Phi) is 9.93. The normalized spacial score (nSPS) is 10.9. The van der Waals surface area contributed by atoms with Crippen LogP contribution in [0.1, 0.15) is 17.3 Å². The molecule has 10 heteroatoms. The Morgan fingerprint density at radius 2 is 1.25 bits per heavy atom. The van der Waals surface area contributed by atoms with E-state index >= 15 is 0 Å². The zero-order chi connectivity index (χ0) is 36.9. The number of ether oxygens (including phenoxy) is 5. The molecule has 0 saturated carbocycles. The SMILES string of the molecule is CCOc1ccc2ccccc2c1C(=O)n1cc(-c2ccc(OC)c(OC)c2)c2cccnc21.COc1ccc(-c2c[nH]c3ncccc23)cc1OC. The molecule has 10 nitrogen and oxygen atoms in total. The molecule has 266 valence electrons. The number of benzene rings is 4. The molecule has 0 spiro atoms. The van der Waals surface area contributed by atoms with Crippen molar-refractivity contribution in [2.24, 2.45) is 0 Å². The van der Waals surface area contributed by atoms with Gasteiger partial charge < -0.3 is 28.7 Å². The van der Waals surface area contributed by atoms with Gasteiger partial charge in [0.1, 0.15) is 17.0 Å². The van der Waals surface area contributed by atoms with Crippen molar-refractivity contribution in [3.8, 4) is 51.0 Å². The fraction of sp³-hybridized carbons (Fsp3) is 0.140. The van der Waals surface area contributed by atoms with E-state index < -0.39 is 0 Å². The van der Waals surface area contributed by atoms with E-state index in [0.29, 0.717) is 35.1 Å². The number of hydrogen-bond donors (Lipinski definition) is 1. The molecule has 0 aliphatic carbocycles. The third-order valence-electron chi connectivity index (χ3n) is 9.03. The van der Waals surface area contributed by atoms with Crippen LogP contribution in [0, 0.1) is 0 Å². The average Bonchev–Trinajstić information content (AvgIpc) is 3.83. The highest BCUT2D eigenvalue weighted by Gasteiger charge is 2.23. The van der Waals surface area contributed by atoms with Crippen LogP contribution >= 0.6 is 0 Å². The molecule has 4 aromatic carbocycles. The van der Waals surface area contributed by atoms with Gasteiger partial charge in [0, 0.05) is 46.7 Å². The number of H-pyrrole nitrogens is 1. The Bertz CT molecular complexity index is 2570. The second-order valence-corrected chi connectivity index (χ2v) is 11.9. The summed E-state index contributed by atoms with van der Waals surface area (Å²) in [6.07, 6.45) is 7.26. The van der Waals surface area contributed by atoms with Crippen molar-refractivity contribution in [1.29, 1.82) is 0 Å². The Balaban J connectivity index is 0.000000193. The third-order valence-corrected chi connectivity index (χ3v) is 9.03. The first-order valence-electron chi connectivity index (χ1n) is 17.0. The Hall–Kier alpha value is -6.81. The highest BCUT2D eigenvalue weighted by molar-refractivity contribution is 6.14. The molecule has 8 rings (SSSR count). The number of fused-ring (bicyclic) bond motifs is 3. The Labute approximate surface area is 306 Å². The monoisotopic (exact) mass is 706 g/mol. The minimum atomic E-state index is -0.198. The number of aromatic amines is 1. The average molecular weight is 707 g/mol. The summed E-state index contributed by atoms with van der Waals surface area (Å²) in [5.74, 6) is 3.06. The summed E-state index contributed by atoms with van der Waals surface area (Å²) in [6.45, 7) is 2.37. The number of methoxy groups -OCH3 is 4. The van der Waals surface area contributed by atoms with Crippen LogP contribution in [0.25, 0.3) is 55.1 Å². The van der Waals surface area contributed by atoms with Crippen molar-refractivity contribution in [3.05, 3.63) is 127 Å². The van der Waals surface area contributed by atoms with Crippen LogP contribution < -0.4 is 23.7 Å². The second kappa shape index (κ2) is 15.2. The number of aromatic nitrogens is 4. The molecule has 0 unspecified atom stereocenters. The van der Waals surface area contributed by atoms with Crippen LogP contribution in [0.4, 0.5) is 0 Å². The van der Waals surface area contributed by atoms with Crippen LogP contribution in [-0.2, 0) is 0 Å². The minimum absolute atomic E-state index is 0.198. The molecule has 53 heavy (non-hydrogen) atoms. The van der Waals surface area contributed by atoms with Crippen LogP contribution in [0.3, 0.4) is 0 Å². The van der Waals surface area contributed by atoms with Gasteiger partial charge in [0.2, 0.25) is 0 Å². The number of pyridine rings is 2. The van der Waals surface area contributed by atoms with E-state index in [1.54, 1.807) is 45.4 Å². The van der Waals surface area contributed by atoms with Gasteiger partial charge in [-0.25, -0.2) is 9.97 Å². The quantitative estimate of drug-likeness (QED) is 0.158. The van der Waals surface area contributed by atoms with Gasteiger partial charge in [-0.3, -0.25) is 9.36 Å². The van der Waals surface area contributed by atoms with E-state index in [0.717, 1.165) is 60.9 Å². The predicted octanol–water partition coefficient (Wildman–Crippen LogP) is 9.21. The maximum Gasteiger partial charge on any atom is 0.267 e. The highest BCUT2D eigenvalue weighted by Crippen LogP contribution is 2.38. The molecule has 0 saturated heterocycles. The van der Waals surface area contributed by atoms with E-state index in [-0.39, 0.29) is 5.91 Å². The van der Waals surface area contributed by atoms with Crippen molar-refractivity contribution in [3.63, 3.8) is 0 Å². The standard InChI is InChI=1S/C28H24N2O4.C15H14N2O2/c1-4-34-24-14-11-18-8-5-6-9-20(18)26(24)28(31)30-17-22(21-10-7-15-29-27(21)30)19-12-13-23(32-2)25(16-19)33-3;1-18-13-6-5-10(8-14(13)19-2)12-9-17-15-11(12)4-3-7-16-15/h5-17H,4H2,1-3H3;3-9H,1-2H3,(H,16,17). The van der Waals surface area contributed by atoms with E-state index in [1.807, 2.05) is 116 Å². The van der Waals surface area contributed by atoms with Gasteiger partial charge in [-0.2, -0.15) is 0 Å². The number of hydrogen-bond acceptors (Lipinski definition) is 8. The second-order valence-electron chi connectivity index (χ2n) is 11.9. The molecular formula is C43H38N4O6. The maximum atomic E-state index is 14.0. The van der Waals surface area contributed by atoms with Crippen molar-refractivity contribution in [1.82, 2.24) is 19.5 Å². The maximum absolute atomic E-state index is 14.0. The molecule has 0 atom stereocenters. The van der Waals surface area contributed by atoms with Crippen molar-refractivity contribution >= 4 is 38.7 Å². The summed E-state index contributed by atoms with van der Waals surface area (Å²) in [4.78, 5) is 26.0. The molecule has 1 N–H and O–H groups in total. The molecular weight excluding hydrogens is 668 g/mol. The summed E-state index contributed by atoms with van der Waals surface area (Å²) in [6, 6.07) is 31.0. The van der Waals surface area contributed by atoms with Crippen molar-refractivity contribution in [2.75, 3.05) is 35.0 Å². The predicted molar refractivity (Wildman–Crippen MR) is 208 cm³/mol. The molecule has 0 aliphatic heterocycles. The summed E-state index contributed by atoms with van der Waals surface area (Å²) in [7, 11) is 6.48. The fourth-order valence-corrected chi connectivity index (χ4v) is 6.51. The van der Waals surface area contributed by atoms with Crippen molar-refractivity contribution < 1.29 is 28.5 Å². The zero-order valence-electron chi connectivity index (χ0n) is 30.0. The minimum Gasteiger partial charge on any atom is -0.493 e. The molecule has 0 radical (unpaired) electrons. The number of rotatable bonds is 9. The third kappa shape index (κ3) is 6.58. The van der Waals surface area contributed by atoms with Crippen molar-refractivity contribution in [2.45, 2.75) is 6.92 Å². The largest absolute Gasteiger partial charge is 0.493 e. The van der Waals surface area contributed by atoms with Gasteiger partial charge in [-0.05, 0) is 83.4 Å². The number of nitrogens with zero attached hydrogens (tertiary/aromatic N) is 3. The van der Waals surface area contributed by atoms with Crippen LogP contribution in [0.5, 0.6) is 28.7 Å². The molecule has 8 aromatic rings. The Morgan fingerprint density at radius 3 is 1.92 bits per heavy atom. The summed E-state index contributed by atoms with van der Waals surface area (Å²) in [5, 5.41) is 3.76. The van der Waals surface area contributed by atoms with E-state index in [9.17, 15) is 4.79 Å². The van der Waals surface area contributed by atoms with E-state index in [2.05, 4.69) is 15.0 Å². The zero-order valence-corrected chi connectivity index (χ0v) is 30.0. The van der Waals surface area contributed by atoms with Gasteiger partial charge in [-0.15, -0.1) is 0 Å². The topological polar surface area (TPSA) is 110 Å². The fourth-order valence-electron chi connectivity index (χ4n) is 6.51. The smallest absolute Gasteiger partial charge is 0.267 e. The van der Waals surface area contributed by atoms with E-state index in [4.69, 9.17) is 23.7 Å². The highest BCUT2D eigenvalue weighted by atomic mass is 16.5. The summed E-state index contributed by atoms with van der Waals surface area (Å²) in [5.41, 5.74) is 5.91. The molecule has 4 aromatic heterocycles. The number of carbonyl (C=O) groups excluding carboxylic acids is 1. The van der Waals surface area contributed by atoms with Gasteiger partial charge >= 0.3 is 0 Å². The Morgan fingerprint density at radius 1 is 0.642 bits per heavy atom. The lowest BCUT2D eigenvalue weighted by Gasteiger charge is -2.13. The van der Waals surface area contributed by atoms with Gasteiger partial charge in [0.25, 0.3) is 5.91 Å². The lowest BCUT2D eigenvalue weighted by molar-refractivity contribution is 0.0962. The lowest BCUT2D eigenvalue weighted by Crippen LogP contribution is -2.14. The van der Waals surface area contributed by atoms with Gasteiger partial charge in [0.05, 0.1) is 40.6 Å². The molecule has 4 heterocycles. The van der Waals surface area contributed by atoms with E-state index in [1.165, 1.54) is 0 Å². The lowest BCUT2D eigenvalue weighted by atomic mass is 10.0. The first-order valence-corrected chi connectivity index (χ1v) is 17.0. The van der Waals surface area contributed by atoms with Crippen LogP contribution in [0.2, 0.25) is 0 Å². The van der Waals surface area contributed by atoms with Crippen LogP contribution in [-0.4, -0.2) is 60.5 Å². The molecule has 0 amide bonds. The van der Waals surface area contributed by atoms with Gasteiger partial charge in [0.15, 0.2) is 23.0 Å². The first-order chi connectivity index (χ1) is 26.0. The first kappa shape index (κ1) is 34.6. The van der Waals surface area contributed by atoms with Gasteiger partial charge in [-0.1, -0.05) is 42.5 Å². The number of carbonyl (C=O) groups is 1. The summed E-state index contributed by atoms with van der Waals surface area (Å²) < 4.78 is 28.9. The number of nitrogens with one attached hydrogen (secondary N) is 1. The van der Waals surface area contributed by atoms with Crippen LogP contribution in [0.15, 0.2) is 122 Å².